The number of aromatic carboxylic acids is 1. The van der Waals surface area contributed by atoms with Gasteiger partial charge < -0.3 is 5.11 Å². The molecule has 1 N–H and O–H groups in total. The fourth-order valence-electron chi connectivity index (χ4n) is 3.24. The van der Waals surface area contributed by atoms with E-state index in [9.17, 15) is 13.6 Å². The summed E-state index contributed by atoms with van der Waals surface area (Å²) in [5, 5.41) is 8.76. The van der Waals surface area contributed by atoms with Gasteiger partial charge in [-0.1, -0.05) is 45.1 Å². The summed E-state index contributed by atoms with van der Waals surface area (Å²) in [6.45, 7) is 2.22. The van der Waals surface area contributed by atoms with Crippen LogP contribution in [0.1, 0.15) is 61.4 Å². The van der Waals surface area contributed by atoms with Crippen molar-refractivity contribution >= 4 is 5.97 Å². The quantitative estimate of drug-likeness (QED) is 0.846. The molecule has 0 saturated heterocycles. The molecule has 1 aromatic rings. The van der Waals surface area contributed by atoms with E-state index in [4.69, 9.17) is 5.11 Å². The Morgan fingerprint density at radius 1 is 1.14 bits per heavy atom. The zero-order valence-corrected chi connectivity index (χ0v) is 12.4. The lowest BCUT2D eigenvalue weighted by atomic mass is 9.78. The molecule has 0 heterocycles. The van der Waals surface area contributed by atoms with Crippen LogP contribution in [-0.2, 0) is 6.42 Å². The summed E-state index contributed by atoms with van der Waals surface area (Å²) in [6.07, 6.45) is 7.34. The molecular formula is C17H22F2O2. The Morgan fingerprint density at radius 3 is 2.33 bits per heavy atom. The van der Waals surface area contributed by atoms with Crippen LogP contribution in [0.25, 0.3) is 0 Å². The summed E-state index contributed by atoms with van der Waals surface area (Å²) in [5.74, 6) is -2.28. The predicted octanol–water partition coefficient (Wildman–Crippen LogP) is 4.81. The van der Waals surface area contributed by atoms with E-state index in [0.717, 1.165) is 31.2 Å². The van der Waals surface area contributed by atoms with Gasteiger partial charge in [0.15, 0.2) is 11.6 Å². The molecule has 2 rings (SSSR count). The molecule has 1 fully saturated rings. The van der Waals surface area contributed by atoms with Crippen molar-refractivity contribution < 1.29 is 18.7 Å². The lowest BCUT2D eigenvalue weighted by Crippen LogP contribution is -2.15. The summed E-state index contributed by atoms with van der Waals surface area (Å²) >= 11 is 0. The van der Waals surface area contributed by atoms with E-state index < -0.39 is 23.2 Å². The molecule has 1 aromatic carbocycles. The second-order valence-corrected chi connectivity index (χ2v) is 6.04. The van der Waals surface area contributed by atoms with Crippen molar-refractivity contribution in [2.45, 2.75) is 51.9 Å². The molecule has 4 heteroatoms. The number of carboxylic acids is 1. The van der Waals surface area contributed by atoms with E-state index in [1.807, 2.05) is 0 Å². The predicted molar refractivity (Wildman–Crippen MR) is 77.4 cm³/mol. The van der Waals surface area contributed by atoms with Crippen molar-refractivity contribution in [1.82, 2.24) is 0 Å². The van der Waals surface area contributed by atoms with E-state index in [-0.39, 0.29) is 5.56 Å². The lowest BCUT2D eigenvalue weighted by Gasteiger charge is -2.27. The first-order valence-electron chi connectivity index (χ1n) is 7.73. The highest BCUT2D eigenvalue weighted by Gasteiger charge is 2.22. The number of benzene rings is 1. The maximum absolute atomic E-state index is 13.9. The van der Waals surface area contributed by atoms with Crippen molar-refractivity contribution in [1.29, 1.82) is 0 Å². The Bertz CT molecular complexity index is 506. The van der Waals surface area contributed by atoms with E-state index in [1.54, 1.807) is 0 Å². The van der Waals surface area contributed by atoms with E-state index >= 15 is 0 Å². The van der Waals surface area contributed by atoms with Crippen molar-refractivity contribution in [2.24, 2.45) is 11.8 Å². The fraction of sp³-hybridized carbons (Fsp3) is 0.588. The van der Waals surface area contributed by atoms with Gasteiger partial charge in [0.05, 0.1) is 5.56 Å². The average Bonchev–Trinajstić information content (AvgIpc) is 2.49. The number of halogens is 2. The second-order valence-electron chi connectivity index (χ2n) is 6.04. The molecule has 1 saturated carbocycles. The van der Waals surface area contributed by atoms with E-state index in [0.29, 0.717) is 12.3 Å². The standard InChI is InChI=1S/C17H22F2O2/c1-2-11-3-5-12(6-4-11)7-8-13-9-10-14(17(20)21)16(19)15(13)18/h9-12H,2-8H2,1H3,(H,20,21). The van der Waals surface area contributed by atoms with Crippen LogP contribution in [0, 0.1) is 23.5 Å². The molecule has 1 aliphatic carbocycles. The molecule has 0 amide bonds. The number of carboxylic acid groups (broad SMARTS) is 1. The summed E-state index contributed by atoms with van der Waals surface area (Å²) in [6, 6.07) is 2.56. The lowest BCUT2D eigenvalue weighted by molar-refractivity contribution is 0.0690. The first kappa shape index (κ1) is 15.9. The van der Waals surface area contributed by atoms with E-state index in [2.05, 4.69) is 6.92 Å². The van der Waals surface area contributed by atoms with Crippen LogP contribution >= 0.6 is 0 Å². The molecule has 0 bridgehead atoms. The smallest absolute Gasteiger partial charge is 0.338 e. The molecule has 0 radical (unpaired) electrons. The maximum atomic E-state index is 13.9. The van der Waals surface area contributed by atoms with Gasteiger partial charge in [0.2, 0.25) is 0 Å². The highest BCUT2D eigenvalue weighted by Crippen LogP contribution is 2.33. The van der Waals surface area contributed by atoms with Crippen LogP contribution < -0.4 is 0 Å². The van der Waals surface area contributed by atoms with Crippen LogP contribution in [0.15, 0.2) is 12.1 Å². The zero-order chi connectivity index (χ0) is 15.4. The first-order chi connectivity index (χ1) is 10.0. The number of hydrogen-bond acceptors (Lipinski definition) is 1. The molecule has 0 spiro atoms. The van der Waals surface area contributed by atoms with Gasteiger partial charge >= 0.3 is 5.97 Å². The minimum Gasteiger partial charge on any atom is -0.478 e. The summed E-state index contributed by atoms with van der Waals surface area (Å²) < 4.78 is 27.5. The van der Waals surface area contributed by atoms with E-state index in [1.165, 1.54) is 25.3 Å². The normalized spacial score (nSPS) is 22.2. The van der Waals surface area contributed by atoms with Gasteiger partial charge in [-0.3, -0.25) is 0 Å². The zero-order valence-electron chi connectivity index (χ0n) is 12.4. The van der Waals surface area contributed by atoms with Gasteiger partial charge in [-0.05, 0) is 36.3 Å². The minimum atomic E-state index is -1.43. The number of carbonyl (C=O) groups is 1. The van der Waals surface area contributed by atoms with Crippen molar-refractivity contribution in [3.05, 3.63) is 34.9 Å². The fourth-order valence-corrected chi connectivity index (χ4v) is 3.24. The number of aryl methyl sites for hydroxylation is 1. The van der Waals surface area contributed by atoms with Crippen molar-refractivity contribution in [3.8, 4) is 0 Å². The van der Waals surface area contributed by atoms with Crippen LogP contribution in [0.5, 0.6) is 0 Å². The second kappa shape index (κ2) is 7.01. The Labute approximate surface area is 124 Å². The Morgan fingerprint density at radius 2 is 1.76 bits per heavy atom. The number of rotatable bonds is 5. The minimum absolute atomic E-state index is 0.287. The van der Waals surface area contributed by atoms with Crippen molar-refractivity contribution in [3.63, 3.8) is 0 Å². The topological polar surface area (TPSA) is 37.3 Å². The largest absolute Gasteiger partial charge is 0.478 e. The third-order valence-electron chi connectivity index (χ3n) is 4.76. The monoisotopic (exact) mass is 296 g/mol. The molecule has 0 aromatic heterocycles. The molecule has 0 unspecified atom stereocenters. The molecule has 0 atom stereocenters. The highest BCUT2D eigenvalue weighted by atomic mass is 19.2. The third-order valence-corrected chi connectivity index (χ3v) is 4.76. The van der Waals surface area contributed by atoms with Crippen LogP contribution in [0.4, 0.5) is 8.78 Å². The Hall–Kier alpha value is -1.45. The molecule has 116 valence electrons. The molecular weight excluding hydrogens is 274 g/mol. The molecule has 1 aliphatic rings. The van der Waals surface area contributed by atoms with Gasteiger partial charge in [0.25, 0.3) is 0 Å². The van der Waals surface area contributed by atoms with Gasteiger partial charge in [0, 0.05) is 0 Å². The Balaban J connectivity index is 1.95. The Kier molecular flexibility index (Phi) is 5.32. The average molecular weight is 296 g/mol. The van der Waals surface area contributed by atoms with Gasteiger partial charge in [0.1, 0.15) is 0 Å². The molecule has 2 nitrogen and oxygen atoms in total. The van der Waals surface area contributed by atoms with Crippen LogP contribution in [0.2, 0.25) is 0 Å². The van der Waals surface area contributed by atoms with Gasteiger partial charge in [-0.25, -0.2) is 13.6 Å². The number of hydrogen-bond donors (Lipinski definition) is 1. The SMILES string of the molecule is CCC1CCC(CCc2ccc(C(=O)O)c(F)c2F)CC1. The van der Waals surface area contributed by atoms with Gasteiger partial charge in [-0.2, -0.15) is 0 Å². The maximum Gasteiger partial charge on any atom is 0.338 e. The summed E-state index contributed by atoms with van der Waals surface area (Å²) in [5.41, 5.74) is -0.310. The van der Waals surface area contributed by atoms with Gasteiger partial charge in [-0.15, -0.1) is 0 Å². The molecule has 0 aliphatic heterocycles. The first-order valence-corrected chi connectivity index (χ1v) is 7.73. The van der Waals surface area contributed by atoms with Crippen LogP contribution in [0.3, 0.4) is 0 Å². The van der Waals surface area contributed by atoms with Crippen LogP contribution in [-0.4, -0.2) is 11.1 Å². The summed E-state index contributed by atoms with van der Waals surface area (Å²) in [4.78, 5) is 10.7. The third kappa shape index (κ3) is 3.80. The molecule has 21 heavy (non-hydrogen) atoms. The summed E-state index contributed by atoms with van der Waals surface area (Å²) in [7, 11) is 0. The van der Waals surface area contributed by atoms with Crippen molar-refractivity contribution in [2.75, 3.05) is 0 Å². The highest BCUT2D eigenvalue weighted by molar-refractivity contribution is 5.88.